The van der Waals surface area contributed by atoms with Crippen molar-refractivity contribution in [3.8, 4) is 0 Å². The molecule has 2 aromatic heterocycles. The summed E-state index contributed by atoms with van der Waals surface area (Å²) in [6.45, 7) is 1.61. The summed E-state index contributed by atoms with van der Waals surface area (Å²) in [5.41, 5.74) is 0.908. The molecule has 1 atom stereocenters. The van der Waals surface area contributed by atoms with Crippen LogP contribution < -0.4 is 5.32 Å². The molecule has 2 aromatic rings. The Morgan fingerprint density at radius 2 is 2.30 bits per heavy atom. The van der Waals surface area contributed by atoms with E-state index in [1.807, 2.05) is 24.3 Å². The predicted molar refractivity (Wildman–Crippen MR) is 96.1 cm³/mol. The molecule has 0 bridgehead atoms. The largest absolute Gasteiger partial charge is 0.467 e. The van der Waals surface area contributed by atoms with Gasteiger partial charge in [-0.15, -0.1) is 0 Å². The van der Waals surface area contributed by atoms with E-state index in [4.69, 9.17) is 16.6 Å². The fourth-order valence-electron chi connectivity index (χ4n) is 2.78. The van der Waals surface area contributed by atoms with Crippen LogP contribution in [0.5, 0.6) is 0 Å². The van der Waals surface area contributed by atoms with E-state index in [9.17, 15) is 0 Å². The molecule has 3 rings (SSSR count). The van der Waals surface area contributed by atoms with E-state index in [0.29, 0.717) is 17.6 Å². The quantitative estimate of drug-likeness (QED) is 0.657. The zero-order valence-corrected chi connectivity index (χ0v) is 13.8. The van der Waals surface area contributed by atoms with E-state index in [-0.39, 0.29) is 0 Å². The van der Waals surface area contributed by atoms with Crippen LogP contribution in [0.1, 0.15) is 25.0 Å². The van der Waals surface area contributed by atoms with E-state index in [1.54, 1.807) is 18.7 Å². The molecule has 23 heavy (non-hydrogen) atoms. The second-order valence-corrected chi connectivity index (χ2v) is 6.17. The highest BCUT2D eigenvalue weighted by atomic mass is 32.1. The molecule has 0 amide bonds. The summed E-state index contributed by atoms with van der Waals surface area (Å²) >= 11 is 5.63. The van der Waals surface area contributed by atoms with Crippen LogP contribution in [0.4, 0.5) is 5.69 Å². The van der Waals surface area contributed by atoms with Crippen molar-refractivity contribution in [1.82, 2.24) is 9.88 Å². The predicted octanol–water partition coefficient (Wildman–Crippen LogP) is 4.23. The molecule has 1 aliphatic rings. The van der Waals surface area contributed by atoms with Gasteiger partial charge in [-0.2, -0.15) is 0 Å². The summed E-state index contributed by atoms with van der Waals surface area (Å²) in [5, 5.41) is 3.99. The molecule has 0 saturated carbocycles. The Morgan fingerprint density at radius 1 is 1.35 bits per heavy atom. The van der Waals surface area contributed by atoms with Crippen LogP contribution in [0.15, 0.2) is 59.5 Å². The molecule has 0 unspecified atom stereocenters. The Balaban J connectivity index is 1.68. The molecular formula is C18H21N3OS. The summed E-state index contributed by atoms with van der Waals surface area (Å²) in [4.78, 5) is 6.31. The van der Waals surface area contributed by atoms with Gasteiger partial charge in [0.05, 0.1) is 24.7 Å². The van der Waals surface area contributed by atoms with Crippen molar-refractivity contribution >= 4 is 23.0 Å². The zero-order chi connectivity index (χ0) is 15.9. The van der Waals surface area contributed by atoms with Gasteiger partial charge >= 0.3 is 0 Å². The molecule has 2 heterocycles. The van der Waals surface area contributed by atoms with Crippen molar-refractivity contribution in [3.63, 3.8) is 0 Å². The molecule has 1 aliphatic carbocycles. The van der Waals surface area contributed by atoms with Crippen molar-refractivity contribution < 1.29 is 4.42 Å². The number of furan rings is 1. The lowest BCUT2D eigenvalue weighted by atomic mass is 9.94. The number of aromatic nitrogens is 1. The second-order valence-electron chi connectivity index (χ2n) is 5.78. The summed E-state index contributed by atoms with van der Waals surface area (Å²) in [6.07, 6.45) is 13.3. The number of thiocarbonyl (C=S) groups is 1. The van der Waals surface area contributed by atoms with Crippen LogP contribution in [0, 0.1) is 5.92 Å². The lowest BCUT2D eigenvalue weighted by Crippen LogP contribution is -2.38. The van der Waals surface area contributed by atoms with Crippen LogP contribution >= 0.6 is 12.2 Å². The number of hydrogen-bond donors (Lipinski definition) is 1. The first-order chi connectivity index (χ1) is 11.3. The van der Waals surface area contributed by atoms with Crippen molar-refractivity contribution in [2.45, 2.75) is 25.8 Å². The maximum absolute atomic E-state index is 5.63. The topological polar surface area (TPSA) is 41.3 Å². The molecule has 4 nitrogen and oxygen atoms in total. The number of allylic oxidation sites excluding steroid dienone is 2. The minimum atomic E-state index is 0.628. The number of hydrogen-bond acceptors (Lipinski definition) is 3. The van der Waals surface area contributed by atoms with Gasteiger partial charge in [0.1, 0.15) is 5.76 Å². The standard InChI is InChI=1S/C18H21N3OS/c23-18(20-16-8-4-10-19-12-16)21(14-17-9-5-11-22-17)13-15-6-2-1-3-7-15/h1-2,4-5,8-12,15H,3,6-7,13-14H2,(H,20,23)/t15-/m1/s1. The van der Waals surface area contributed by atoms with Gasteiger partial charge in [-0.25, -0.2) is 0 Å². The van der Waals surface area contributed by atoms with Gasteiger partial charge in [-0.1, -0.05) is 12.2 Å². The minimum Gasteiger partial charge on any atom is -0.467 e. The van der Waals surface area contributed by atoms with Gasteiger partial charge in [0.2, 0.25) is 0 Å². The average molecular weight is 327 g/mol. The zero-order valence-electron chi connectivity index (χ0n) is 13.0. The minimum absolute atomic E-state index is 0.628. The maximum Gasteiger partial charge on any atom is 0.173 e. The van der Waals surface area contributed by atoms with Crippen LogP contribution in [0.2, 0.25) is 0 Å². The van der Waals surface area contributed by atoms with Gasteiger partial charge in [-0.05, 0) is 61.7 Å². The highest BCUT2D eigenvalue weighted by Crippen LogP contribution is 2.21. The van der Waals surface area contributed by atoms with Crippen molar-refractivity contribution in [3.05, 3.63) is 60.8 Å². The normalized spacial score (nSPS) is 17.0. The number of nitrogens with zero attached hydrogens (tertiary/aromatic N) is 2. The van der Waals surface area contributed by atoms with E-state index in [0.717, 1.165) is 30.8 Å². The third-order valence-corrected chi connectivity index (χ3v) is 4.34. The molecule has 0 spiro atoms. The number of nitrogens with one attached hydrogen (secondary N) is 1. The fraction of sp³-hybridized carbons (Fsp3) is 0.333. The summed E-state index contributed by atoms with van der Waals surface area (Å²) in [5.74, 6) is 1.55. The highest BCUT2D eigenvalue weighted by molar-refractivity contribution is 7.80. The molecule has 120 valence electrons. The van der Waals surface area contributed by atoms with Crippen molar-refractivity contribution in [2.75, 3.05) is 11.9 Å². The summed E-state index contributed by atoms with van der Waals surface area (Å²) in [6, 6.07) is 7.76. The monoisotopic (exact) mass is 327 g/mol. The third kappa shape index (κ3) is 4.66. The van der Waals surface area contributed by atoms with Crippen LogP contribution in [0.25, 0.3) is 0 Å². The molecule has 0 aliphatic heterocycles. The number of pyridine rings is 1. The van der Waals surface area contributed by atoms with Crippen LogP contribution in [-0.4, -0.2) is 21.5 Å². The SMILES string of the molecule is S=C(Nc1cccnc1)N(Cc1ccco1)C[C@@H]1CC=CCC1. The first-order valence-corrected chi connectivity index (χ1v) is 8.35. The van der Waals surface area contributed by atoms with Gasteiger partial charge in [0.25, 0.3) is 0 Å². The number of rotatable bonds is 5. The maximum atomic E-state index is 5.63. The summed E-state index contributed by atoms with van der Waals surface area (Å²) < 4.78 is 5.50. The highest BCUT2D eigenvalue weighted by Gasteiger charge is 2.18. The molecule has 5 heteroatoms. The van der Waals surface area contributed by atoms with Crippen LogP contribution in [-0.2, 0) is 6.54 Å². The molecule has 0 aromatic carbocycles. The average Bonchev–Trinajstić information content (AvgIpc) is 3.09. The molecule has 1 N–H and O–H groups in total. The smallest absolute Gasteiger partial charge is 0.173 e. The lowest BCUT2D eigenvalue weighted by Gasteiger charge is -2.30. The van der Waals surface area contributed by atoms with Gasteiger partial charge in [-0.3, -0.25) is 4.98 Å². The van der Waals surface area contributed by atoms with E-state index in [1.165, 1.54) is 6.42 Å². The Hall–Kier alpha value is -2.14. The van der Waals surface area contributed by atoms with E-state index >= 15 is 0 Å². The Labute approximate surface area is 142 Å². The first kappa shape index (κ1) is 15.7. The Kier molecular flexibility index (Phi) is 5.42. The first-order valence-electron chi connectivity index (χ1n) is 7.94. The number of anilines is 1. The van der Waals surface area contributed by atoms with Gasteiger partial charge < -0.3 is 14.6 Å². The van der Waals surface area contributed by atoms with Gasteiger partial charge in [0.15, 0.2) is 5.11 Å². The summed E-state index contributed by atoms with van der Waals surface area (Å²) in [7, 11) is 0. The fourth-order valence-corrected chi connectivity index (χ4v) is 3.04. The Bertz CT molecular complexity index is 640. The van der Waals surface area contributed by atoms with Crippen LogP contribution in [0.3, 0.4) is 0 Å². The molecule has 0 saturated heterocycles. The van der Waals surface area contributed by atoms with E-state index < -0.39 is 0 Å². The van der Waals surface area contributed by atoms with E-state index in [2.05, 4.69) is 27.4 Å². The third-order valence-electron chi connectivity index (χ3n) is 3.98. The van der Waals surface area contributed by atoms with Crippen molar-refractivity contribution in [2.24, 2.45) is 5.92 Å². The molecule has 0 radical (unpaired) electrons. The van der Waals surface area contributed by atoms with Gasteiger partial charge in [0, 0.05) is 12.7 Å². The molecule has 0 fully saturated rings. The lowest BCUT2D eigenvalue weighted by molar-refractivity contribution is 0.298. The molecular weight excluding hydrogens is 306 g/mol. The Morgan fingerprint density at radius 3 is 3.00 bits per heavy atom. The van der Waals surface area contributed by atoms with Crippen molar-refractivity contribution in [1.29, 1.82) is 0 Å². The second kappa shape index (κ2) is 7.92.